The van der Waals surface area contributed by atoms with Crippen LogP contribution in [0.5, 0.6) is 0 Å². The number of halogens is 1. The Morgan fingerprint density at radius 3 is 3.00 bits per heavy atom. The molecule has 1 aromatic heterocycles. The molecule has 0 aliphatic heterocycles. The van der Waals surface area contributed by atoms with Crippen molar-refractivity contribution in [1.82, 2.24) is 15.0 Å². The minimum Gasteiger partial charge on any atom is -0.325 e. The Labute approximate surface area is 86.5 Å². The molecule has 15 heavy (non-hydrogen) atoms. The van der Waals surface area contributed by atoms with E-state index in [4.69, 9.17) is 5.73 Å². The van der Waals surface area contributed by atoms with Crippen molar-refractivity contribution < 1.29 is 4.39 Å². The number of nitrogens with zero attached hydrogens (tertiary/aromatic N) is 3. The van der Waals surface area contributed by atoms with Gasteiger partial charge in [0.2, 0.25) is 0 Å². The molecule has 0 aliphatic carbocycles. The smallest absolute Gasteiger partial charge is 0.123 e. The fraction of sp³-hybridized carbons (Fsp3) is 0.200. The van der Waals surface area contributed by atoms with Gasteiger partial charge in [0.15, 0.2) is 0 Å². The van der Waals surface area contributed by atoms with Gasteiger partial charge in [0.05, 0.1) is 18.4 Å². The van der Waals surface area contributed by atoms with Crippen LogP contribution in [0.1, 0.15) is 11.3 Å². The summed E-state index contributed by atoms with van der Waals surface area (Å²) in [7, 11) is 0. The van der Waals surface area contributed by atoms with Gasteiger partial charge in [-0.15, -0.1) is 5.10 Å². The molecule has 78 valence electrons. The van der Waals surface area contributed by atoms with Gasteiger partial charge in [-0.25, -0.2) is 9.07 Å². The van der Waals surface area contributed by atoms with Crippen LogP contribution in [0.3, 0.4) is 0 Å². The van der Waals surface area contributed by atoms with Crippen molar-refractivity contribution in [2.45, 2.75) is 13.1 Å². The summed E-state index contributed by atoms with van der Waals surface area (Å²) in [6, 6.07) is 6.39. The van der Waals surface area contributed by atoms with Crippen LogP contribution in [0, 0.1) is 5.82 Å². The lowest BCUT2D eigenvalue weighted by molar-refractivity contribution is 0.602. The summed E-state index contributed by atoms with van der Waals surface area (Å²) in [6.07, 6.45) is 1.61. The van der Waals surface area contributed by atoms with Crippen molar-refractivity contribution in [1.29, 1.82) is 0 Å². The molecule has 0 fully saturated rings. The molecule has 0 atom stereocenters. The number of hydrogen-bond donors (Lipinski definition) is 1. The van der Waals surface area contributed by atoms with Gasteiger partial charge in [0, 0.05) is 6.54 Å². The average Bonchev–Trinajstić information content (AvgIpc) is 2.65. The van der Waals surface area contributed by atoms with Crippen molar-refractivity contribution in [2.75, 3.05) is 0 Å². The number of hydrogen-bond acceptors (Lipinski definition) is 3. The number of nitrogens with two attached hydrogens (primary N) is 1. The second-order valence-corrected chi connectivity index (χ2v) is 3.22. The molecule has 1 aromatic carbocycles. The normalized spacial score (nSPS) is 10.5. The monoisotopic (exact) mass is 206 g/mol. The van der Waals surface area contributed by atoms with Gasteiger partial charge < -0.3 is 5.73 Å². The lowest BCUT2D eigenvalue weighted by atomic mass is 10.2. The van der Waals surface area contributed by atoms with Crippen LogP contribution < -0.4 is 5.73 Å². The van der Waals surface area contributed by atoms with Crippen LogP contribution in [0.25, 0.3) is 0 Å². The summed E-state index contributed by atoms with van der Waals surface area (Å²) in [5.41, 5.74) is 7.18. The van der Waals surface area contributed by atoms with E-state index < -0.39 is 0 Å². The molecule has 0 saturated carbocycles. The molecule has 0 saturated heterocycles. The number of rotatable bonds is 3. The highest BCUT2D eigenvalue weighted by atomic mass is 19.1. The van der Waals surface area contributed by atoms with Crippen LogP contribution in [-0.4, -0.2) is 15.0 Å². The SMILES string of the molecule is NCc1cnnn1Cc1cccc(F)c1. The predicted molar refractivity (Wildman–Crippen MR) is 53.4 cm³/mol. The quantitative estimate of drug-likeness (QED) is 0.812. The van der Waals surface area contributed by atoms with E-state index in [-0.39, 0.29) is 5.82 Å². The minimum atomic E-state index is -0.248. The fourth-order valence-electron chi connectivity index (χ4n) is 1.38. The maximum atomic E-state index is 12.9. The molecule has 0 radical (unpaired) electrons. The zero-order valence-corrected chi connectivity index (χ0v) is 8.10. The van der Waals surface area contributed by atoms with Crippen LogP contribution in [0.4, 0.5) is 4.39 Å². The Morgan fingerprint density at radius 1 is 1.40 bits per heavy atom. The Bertz CT molecular complexity index is 452. The highest BCUT2D eigenvalue weighted by Gasteiger charge is 2.03. The molecular formula is C10H11FN4. The van der Waals surface area contributed by atoms with E-state index in [0.717, 1.165) is 11.3 Å². The molecule has 4 nitrogen and oxygen atoms in total. The van der Waals surface area contributed by atoms with E-state index in [0.29, 0.717) is 13.1 Å². The summed E-state index contributed by atoms with van der Waals surface area (Å²) in [5, 5.41) is 7.63. The van der Waals surface area contributed by atoms with E-state index in [2.05, 4.69) is 10.3 Å². The molecule has 0 spiro atoms. The fourth-order valence-corrected chi connectivity index (χ4v) is 1.38. The van der Waals surface area contributed by atoms with E-state index in [1.165, 1.54) is 12.1 Å². The zero-order chi connectivity index (χ0) is 10.7. The summed E-state index contributed by atoms with van der Waals surface area (Å²) in [4.78, 5) is 0. The minimum absolute atomic E-state index is 0.248. The standard InChI is InChI=1S/C10H11FN4/c11-9-3-1-2-8(4-9)7-15-10(5-12)6-13-14-15/h1-4,6H,5,7,12H2. The van der Waals surface area contributed by atoms with E-state index in [1.807, 2.05) is 6.07 Å². The number of benzene rings is 1. The summed E-state index contributed by atoms with van der Waals surface area (Å²) in [5.74, 6) is -0.248. The molecule has 0 aliphatic rings. The largest absolute Gasteiger partial charge is 0.325 e. The second-order valence-electron chi connectivity index (χ2n) is 3.22. The van der Waals surface area contributed by atoms with Gasteiger partial charge in [-0.3, -0.25) is 0 Å². The first-order valence-electron chi connectivity index (χ1n) is 4.61. The lowest BCUT2D eigenvalue weighted by Crippen LogP contribution is -2.09. The Balaban J connectivity index is 2.22. The Kier molecular flexibility index (Phi) is 2.73. The molecule has 2 aromatic rings. The van der Waals surface area contributed by atoms with Crippen molar-refractivity contribution in [3.8, 4) is 0 Å². The molecule has 1 heterocycles. The highest BCUT2D eigenvalue weighted by molar-refractivity contribution is 5.16. The van der Waals surface area contributed by atoms with Crippen molar-refractivity contribution >= 4 is 0 Å². The van der Waals surface area contributed by atoms with Gasteiger partial charge in [-0.2, -0.15) is 0 Å². The first-order valence-corrected chi connectivity index (χ1v) is 4.61. The van der Waals surface area contributed by atoms with Crippen LogP contribution in [-0.2, 0) is 13.1 Å². The Morgan fingerprint density at radius 2 is 2.27 bits per heavy atom. The van der Waals surface area contributed by atoms with Crippen LogP contribution >= 0.6 is 0 Å². The number of aromatic nitrogens is 3. The summed E-state index contributed by atoms with van der Waals surface area (Å²) >= 11 is 0. The first kappa shape index (κ1) is 9.79. The third-order valence-electron chi connectivity index (χ3n) is 2.13. The third-order valence-corrected chi connectivity index (χ3v) is 2.13. The van der Waals surface area contributed by atoms with Gasteiger partial charge in [-0.1, -0.05) is 17.3 Å². The molecule has 0 unspecified atom stereocenters. The molecule has 0 amide bonds. The van der Waals surface area contributed by atoms with Crippen LogP contribution in [0.2, 0.25) is 0 Å². The van der Waals surface area contributed by atoms with E-state index in [9.17, 15) is 4.39 Å². The molecule has 0 bridgehead atoms. The molecule has 5 heteroatoms. The molecular weight excluding hydrogens is 195 g/mol. The van der Waals surface area contributed by atoms with Crippen molar-refractivity contribution in [2.24, 2.45) is 5.73 Å². The maximum Gasteiger partial charge on any atom is 0.123 e. The average molecular weight is 206 g/mol. The first-order chi connectivity index (χ1) is 7.29. The lowest BCUT2D eigenvalue weighted by Gasteiger charge is -2.04. The van der Waals surface area contributed by atoms with E-state index >= 15 is 0 Å². The van der Waals surface area contributed by atoms with Gasteiger partial charge in [0.1, 0.15) is 5.82 Å². The molecule has 2 N–H and O–H groups in total. The topological polar surface area (TPSA) is 56.7 Å². The highest BCUT2D eigenvalue weighted by Crippen LogP contribution is 2.06. The van der Waals surface area contributed by atoms with Gasteiger partial charge >= 0.3 is 0 Å². The second kappa shape index (κ2) is 4.18. The Hall–Kier alpha value is -1.75. The van der Waals surface area contributed by atoms with Crippen molar-refractivity contribution in [3.63, 3.8) is 0 Å². The van der Waals surface area contributed by atoms with Gasteiger partial charge in [-0.05, 0) is 17.7 Å². The zero-order valence-electron chi connectivity index (χ0n) is 8.10. The summed E-state index contributed by atoms with van der Waals surface area (Å²) in [6.45, 7) is 0.868. The van der Waals surface area contributed by atoms with Crippen LogP contribution in [0.15, 0.2) is 30.5 Å². The van der Waals surface area contributed by atoms with Crippen molar-refractivity contribution in [3.05, 3.63) is 47.5 Å². The van der Waals surface area contributed by atoms with Gasteiger partial charge in [0.25, 0.3) is 0 Å². The predicted octanol–water partition coefficient (Wildman–Crippen LogP) is 0.924. The van der Waals surface area contributed by atoms with E-state index in [1.54, 1.807) is 16.9 Å². The summed E-state index contributed by atoms with van der Waals surface area (Å²) < 4.78 is 14.6. The third kappa shape index (κ3) is 2.19. The maximum absolute atomic E-state index is 12.9. The molecule has 2 rings (SSSR count).